The first-order chi connectivity index (χ1) is 17.4. The maximum Gasteiger partial charge on any atom is 0.246 e. The van der Waals surface area contributed by atoms with Crippen LogP contribution in [0.1, 0.15) is 34.8 Å². The number of rotatable bonds is 5. The molecule has 1 unspecified atom stereocenters. The summed E-state index contributed by atoms with van der Waals surface area (Å²) in [5.41, 5.74) is 7.32. The first kappa shape index (κ1) is 23.3. The molecule has 1 atom stereocenters. The molecule has 0 bridgehead atoms. The highest BCUT2D eigenvalue weighted by Crippen LogP contribution is 2.35. The molecule has 0 saturated carbocycles. The van der Waals surface area contributed by atoms with E-state index >= 15 is 4.39 Å². The third kappa shape index (κ3) is 4.10. The summed E-state index contributed by atoms with van der Waals surface area (Å²) in [6.45, 7) is 4.57. The molecule has 3 heterocycles. The fraction of sp³-hybridized carbons (Fsp3) is 0.192. The van der Waals surface area contributed by atoms with Crippen molar-refractivity contribution in [3.63, 3.8) is 0 Å². The summed E-state index contributed by atoms with van der Waals surface area (Å²) >= 11 is 0. The molecule has 8 nitrogen and oxygen atoms in total. The molecule has 0 aliphatic carbocycles. The third-order valence-corrected chi connectivity index (χ3v) is 6.34. The van der Waals surface area contributed by atoms with Crippen LogP contribution in [-0.4, -0.2) is 49.4 Å². The van der Waals surface area contributed by atoms with Crippen molar-refractivity contribution < 1.29 is 18.4 Å². The second kappa shape index (κ2) is 9.29. The summed E-state index contributed by atoms with van der Waals surface area (Å²) < 4.78 is 30.3. The van der Waals surface area contributed by atoms with E-state index < -0.39 is 17.4 Å². The summed E-state index contributed by atoms with van der Waals surface area (Å²) in [4.78, 5) is 35.0. The smallest absolute Gasteiger partial charge is 0.246 e. The number of nitrogens with two attached hydrogens (primary N) is 1. The molecule has 2 aromatic heterocycles. The molecular weight excluding hydrogens is 466 g/mol. The molecule has 2 N–H and O–H groups in total. The van der Waals surface area contributed by atoms with E-state index in [0.717, 1.165) is 18.9 Å². The van der Waals surface area contributed by atoms with Gasteiger partial charge in [-0.1, -0.05) is 12.6 Å². The van der Waals surface area contributed by atoms with Gasteiger partial charge in [-0.25, -0.2) is 23.4 Å². The number of fused-ring (bicyclic) bond motifs is 1. The van der Waals surface area contributed by atoms with Gasteiger partial charge < -0.3 is 10.6 Å². The summed E-state index contributed by atoms with van der Waals surface area (Å²) in [6, 6.07) is 8.91. The number of nitrogen functional groups attached to an aromatic ring is 1. The van der Waals surface area contributed by atoms with E-state index in [4.69, 9.17) is 5.73 Å². The van der Waals surface area contributed by atoms with Crippen LogP contribution in [0.5, 0.6) is 0 Å². The van der Waals surface area contributed by atoms with Crippen molar-refractivity contribution in [2.45, 2.75) is 18.9 Å². The first-order valence-corrected chi connectivity index (χ1v) is 11.4. The highest BCUT2D eigenvalue weighted by Gasteiger charge is 2.28. The molecule has 1 aliphatic heterocycles. The van der Waals surface area contributed by atoms with Crippen LogP contribution in [-0.2, 0) is 4.79 Å². The summed E-state index contributed by atoms with van der Waals surface area (Å²) in [6.07, 6.45) is 4.10. The minimum Gasteiger partial charge on any atom is -0.383 e. The number of ketones is 1. The number of carbonyl (C=O) groups is 2. The van der Waals surface area contributed by atoms with Crippen LogP contribution < -0.4 is 5.73 Å². The molecule has 10 heteroatoms. The van der Waals surface area contributed by atoms with E-state index in [1.807, 2.05) is 0 Å². The summed E-state index contributed by atoms with van der Waals surface area (Å²) in [5.74, 6) is -1.61. The zero-order chi connectivity index (χ0) is 25.4. The standard InChI is InChI=1S/C26H22F2N6O2/c1-2-21(35)33-11-3-4-18(13-33)34-26-22(25(29)30-14-31-26)23(32-34)19-10-7-16(12-20(19)28)24(36)15-5-8-17(27)9-6-15/h2,5-10,12,14,18H,1,3-4,11,13H2,(H2,29,30,31). The molecule has 4 aromatic rings. The molecular formula is C26H22F2N6O2. The van der Waals surface area contributed by atoms with Crippen molar-refractivity contribution >= 4 is 28.5 Å². The Balaban J connectivity index is 1.55. The van der Waals surface area contributed by atoms with E-state index in [9.17, 15) is 14.0 Å². The van der Waals surface area contributed by atoms with Crippen LogP contribution in [0.25, 0.3) is 22.3 Å². The van der Waals surface area contributed by atoms with Gasteiger partial charge in [0.15, 0.2) is 11.4 Å². The zero-order valence-corrected chi connectivity index (χ0v) is 19.2. The lowest BCUT2D eigenvalue weighted by atomic mass is 10.00. The van der Waals surface area contributed by atoms with Gasteiger partial charge in [0.25, 0.3) is 0 Å². The number of likely N-dealkylation sites (tertiary alicyclic amines) is 1. The lowest BCUT2D eigenvalue weighted by Gasteiger charge is -2.32. The van der Waals surface area contributed by atoms with Crippen LogP contribution in [0.3, 0.4) is 0 Å². The van der Waals surface area contributed by atoms with Gasteiger partial charge >= 0.3 is 0 Å². The van der Waals surface area contributed by atoms with Crippen LogP contribution in [0.2, 0.25) is 0 Å². The minimum atomic E-state index is -0.676. The molecule has 1 saturated heterocycles. The molecule has 2 aromatic carbocycles. The Morgan fingerprint density at radius 1 is 1.08 bits per heavy atom. The Labute approximate surface area is 205 Å². The van der Waals surface area contributed by atoms with Crippen molar-refractivity contribution in [1.29, 1.82) is 0 Å². The minimum absolute atomic E-state index is 0.113. The summed E-state index contributed by atoms with van der Waals surface area (Å²) in [7, 11) is 0. The van der Waals surface area contributed by atoms with Gasteiger partial charge in [-0.15, -0.1) is 0 Å². The number of anilines is 1. The van der Waals surface area contributed by atoms with Gasteiger partial charge in [0, 0.05) is 29.8 Å². The average molecular weight is 488 g/mol. The van der Waals surface area contributed by atoms with Crippen molar-refractivity contribution in [2.24, 2.45) is 0 Å². The van der Waals surface area contributed by atoms with Crippen molar-refractivity contribution in [2.75, 3.05) is 18.8 Å². The number of amides is 1. The Kier molecular flexibility index (Phi) is 6.01. The van der Waals surface area contributed by atoms with Gasteiger partial charge in [0.05, 0.1) is 11.4 Å². The van der Waals surface area contributed by atoms with E-state index in [0.29, 0.717) is 24.1 Å². The Morgan fingerprint density at radius 2 is 1.83 bits per heavy atom. The number of hydrogen-bond acceptors (Lipinski definition) is 6. The fourth-order valence-electron chi connectivity index (χ4n) is 4.54. The van der Waals surface area contributed by atoms with Gasteiger partial charge in [0.2, 0.25) is 5.91 Å². The van der Waals surface area contributed by atoms with E-state index in [1.54, 1.807) is 9.58 Å². The van der Waals surface area contributed by atoms with Crippen LogP contribution in [0.4, 0.5) is 14.6 Å². The first-order valence-electron chi connectivity index (χ1n) is 11.4. The Morgan fingerprint density at radius 3 is 2.56 bits per heavy atom. The molecule has 1 aliphatic rings. The monoisotopic (exact) mass is 488 g/mol. The van der Waals surface area contributed by atoms with Gasteiger partial charge in [-0.05, 0) is 55.3 Å². The number of benzene rings is 2. The highest BCUT2D eigenvalue weighted by molar-refractivity contribution is 6.09. The average Bonchev–Trinajstić information content (AvgIpc) is 3.29. The number of halogens is 2. The third-order valence-electron chi connectivity index (χ3n) is 6.34. The normalized spacial score (nSPS) is 15.7. The van der Waals surface area contributed by atoms with Gasteiger partial charge in [-0.3, -0.25) is 9.59 Å². The SMILES string of the molecule is C=CC(=O)N1CCCC(n2nc(-c3ccc(C(=O)c4ccc(F)cc4)cc3F)c3c(N)ncnc32)C1. The van der Waals surface area contributed by atoms with Crippen LogP contribution in [0.15, 0.2) is 61.4 Å². The van der Waals surface area contributed by atoms with Gasteiger partial charge in [0.1, 0.15) is 29.5 Å². The summed E-state index contributed by atoms with van der Waals surface area (Å²) in [5, 5.41) is 5.06. The predicted molar refractivity (Wildman–Crippen MR) is 130 cm³/mol. The van der Waals surface area contributed by atoms with Crippen molar-refractivity contribution in [1.82, 2.24) is 24.6 Å². The second-order valence-electron chi connectivity index (χ2n) is 8.57. The second-order valence-corrected chi connectivity index (χ2v) is 8.57. The maximum absolute atomic E-state index is 15.4. The lowest BCUT2D eigenvalue weighted by molar-refractivity contribution is -0.127. The number of carbonyl (C=O) groups excluding carboxylic acids is 2. The molecule has 0 spiro atoms. The van der Waals surface area contributed by atoms with Crippen LogP contribution in [0, 0.1) is 11.6 Å². The Hall–Kier alpha value is -4.47. The topological polar surface area (TPSA) is 107 Å². The number of hydrogen-bond donors (Lipinski definition) is 1. The molecule has 0 radical (unpaired) electrons. The largest absolute Gasteiger partial charge is 0.383 e. The van der Waals surface area contributed by atoms with E-state index in [-0.39, 0.29) is 40.2 Å². The van der Waals surface area contributed by atoms with E-state index in [1.165, 1.54) is 48.8 Å². The number of nitrogens with zero attached hydrogens (tertiary/aromatic N) is 5. The molecule has 182 valence electrons. The lowest BCUT2D eigenvalue weighted by Crippen LogP contribution is -2.40. The zero-order valence-electron chi connectivity index (χ0n) is 19.2. The predicted octanol–water partition coefficient (Wildman–Crippen LogP) is 3.93. The molecule has 1 fully saturated rings. The molecule has 5 rings (SSSR count). The Bertz CT molecular complexity index is 1500. The van der Waals surface area contributed by atoms with Crippen LogP contribution >= 0.6 is 0 Å². The highest BCUT2D eigenvalue weighted by atomic mass is 19.1. The maximum atomic E-state index is 15.4. The molecule has 1 amide bonds. The van der Waals surface area contributed by atoms with Crippen molar-refractivity contribution in [3.8, 4) is 11.3 Å². The quantitative estimate of drug-likeness (QED) is 0.337. The van der Waals surface area contributed by atoms with E-state index in [2.05, 4.69) is 21.6 Å². The fourth-order valence-corrected chi connectivity index (χ4v) is 4.54. The van der Waals surface area contributed by atoms with Crippen molar-refractivity contribution in [3.05, 3.63) is 84.2 Å². The molecule has 36 heavy (non-hydrogen) atoms. The number of aromatic nitrogens is 4. The number of piperidine rings is 1. The van der Waals surface area contributed by atoms with Gasteiger partial charge in [-0.2, -0.15) is 5.10 Å².